The van der Waals surface area contributed by atoms with Crippen LogP contribution >= 0.6 is 0 Å². The normalized spacial score (nSPS) is 10.4. The first kappa shape index (κ1) is 15.7. The molecule has 0 radical (unpaired) electrons. The molecule has 0 spiro atoms. The molecule has 24 heavy (non-hydrogen) atoms. The fourth-order valence-corrected chi connectivity index (χ4v) is 2.30. The van der Waals surface area contributed by atoms with Crippen LogP contribution in [0.3, 0.4) is 0 Å². The van der Waals surface area contributed by atoms with Gasteiger partial charge in [0.05, 0.1) is 18.3 Å². The number of nitrogens with zero attached hydrogens (tertiary/aromatic N) is 4. The third-order valence-corrected chi connectivity index (χ3v) is 3.35. The number of carbonyl (C=O) groups excluding carboxylic acids is 1. The quantitative estimate of drug-likeness (QED) is 0.703. The molecule has 0 atom stereocenters. The SMILES string of the molecule is Cc1cc(C)nc(NNC(=O)c2cnn(Cc3ccccc3)c2)n1. The molecule has 1 amide bonds. The Kier molecular flexibility index (Phi) is 4.51. The van der Waals surface area contributed by atoms with E-state index in [9.17, 15) is 4.79 Å². The van der Waals surface area contributed by atoms with Crippen LogP contribution in [-0.4, -0.2) is 25.7 Å². The Morgan fingerprint density at radius 1 is 1.12 bits per heavy atom. The summed E-state index contributed by atoms with van der Waals surface area (Å²) in [5.74, 6) is 0.0644. The fourth-order valence-electron chi connectivity index (χ4n) is 2.30. The Bertz CT molecular complexity index is 823. The molecular formula is C17H18N6O. The van der Waals surface area contributed by atoms with E-state index in [0.29, 0.717) is 18.1 Å². The van der Waals surface area contributed by atoms with Crippen molar-refractivity contribution in [3.8, 4) is 0 Å². The first-order valence-electron chi connectivity index (χ1n) is 7.55. The summed E-state index contributed by atoms with van der Waals surface area (Å²) in [4.78, 5) is 20.6. The summed E-state index contributed by atoms with van der Waals surface area (Å²) in [5, 5.41) is 4.21. The zero-order valence-corrected chi connectivity index (χ0v) is 13.5. The number of anilines is 1. The van der Waals surface area contributed by atoms with E-state index in [-0.39, 0.29) is 5.91 Å². The van der Waals surface area contributed by atoms with E-state index in [1.165, 1.54) is 6.20 Å². The highest BCUT2D eigenvalue weighted by Crippen LogP contribution is 2.05. The number of aromatic nitrogens is 4. The minimum atomic E-state index is -0.294. The maximum absolute atomic E-state index is 12.2. The molecular weight excluding hydrogens is 304 g/mol. The lowest BCUT2D eigenvalue weighted by atomic mass is 10.2. The molecule has 122 valence electrons. The monoisotopic (exact) mass is 322 g/mol. The van der Waals surface area contributed by atoms with Gasteiger partial charge in [0.2, 0.25) is 5.95 Å². The molecule has 0 unspecified atom stereocenters. The van der Waals surface area contributed by atoms with Crippen molar-refractivity contribution in [1.82, 2.24) is 25.2 Å². The van der Waals surface area contributed by atoms with E-state index in [4.69, 9.17) is 0 Å². The fraction of sp³-hybridized carbons (Fsp3) is 0.176. The van der Waals surface area contributed by atoms with Crippen LogP contribution in [0, 0.1) is 13.8 Å². The van der Waals surface area contributed by atoms with E-state index in [2.05, 4.69) is 25.9 Å². The molecule has 0 aliphatic rings. The van der Waals surface area contributed by atoms with Crippen LogP contribution in [0.15, 0.2) is 48.8 Å². The van der Waals surface area contributed by atoms with Gasteiger partial charge in [-0.3, -0.25) is 20.3 Å². The van der Waals surface area contributed by atoms with E-state index < -0.39 is 0 Å². The second kappa shape index (κ2) is 6.91. The van der Waals surface area contributed by atoms with E-state index in [1.807, 2.05) is 50.2 Å². The van der Waals surface area contributed by atoms with Crippen LogP contribution in [0.5, 0.6) is 0 Å². The maximum atomic E-state index is 12.2. The molecule has 3 rings (SSSR count). The molecule has 0 bridgehead atoms. The Hall–Kier alpha value is -3.22. The Balaban J connectivity index is 1.61. The molecule has 2 heterocycles. The van der Waals surface area contributed by atoms with E-state index >= 15 is 0 Å². The third kappa shape index (κ3) is 3.95. The van der Waals surface area contributed by atoms with Crippen molar-refractivity contribution >= 4 is 11.9 Å². The lowest BCUT2D eigenvalue weighted by Gasteiger charge is -2.07. The summed E-state index contributed by atoms with van der Waals surface area (Å²) in [6.45, 7) is 4.35. The first-order chi connectivity index (χ1) is 11.6. The van der Waals surface area contributed by atoms with Crippen molar-refractivity contribution in [3.63, 3.8) is 0 Å². The zero-order valence-electron chi connectivity index (χ0n) is 13.5. The van der Waals surface area contributed by atoms with Crippen molar-refractivity contribution in [2.24, 2.45) is 0 Å². The maximum Gasteiger partial charge on any atom is 0.272 e. The number of hydrogen-bond acceptors (Lipinski definition) is 5. The standard InChI is InChI=1S/C17H18N6O/c1-12-8-13(2)20-17(19-12)22-21-16(24)15-9-18-23(11-15)10-14-6-4-3-5-7-14/h3-9,11H,10H2,1-2H3,(H,21,24)(H,19,20,22). The highest BCUT2D eigenvalue weighted by atomic mass is 16.2. The molecule has 0 aliphatic carbocycles. The Morgan fingerprint density at radius 2 is 1.83 bits per heavy atom. The van der Waals surface area contributed by atoms with Crippen molar-refractivity contribution in [2.75, 3.05) is 5.43 Å². The average molecular weight is 322 g/mol. The average Bonchev–Trinajstić information content (AvgIpc) is 3.01. The number of hydrazine groups is 1. The number of hydrogen-bond donors (Lipinski definition) is 2. The number of carbonyl (C=O) groups is 1. The number of benzene rings is 1. The predicted octanol–water partition coefficient (Wildman–Crippen LogP) is 2.10. The molecule has 2 N–H and O–H groups in total. The van der Waals surface area contributed by atoms with Crippen LogP contribution in [0.25, 0.3) is 0 Å². The highest BCUT2D eigenvalue weighted by molar-refractivity contribution is 5.94. The molecule has 7 heteroatoms. The van der Waals surface area contributed by atoms with Gasteiger partial charge in [0.1, 0.15) is 0 Å². The van der Waals surface area contributed by atoms with Gasteiger partial charge >= 0.3 is 0 Å². The summed E-state index contributed by atoms with van der Waals surface area (Å²) in [5.41, 5.74) is 8.54. The van der Waals surface area contributed by atoms with Gasteiger partial charge in [0, 0.05) is 17.6 Å². The summed E-state index contributed by atoms with van der Waals surface area (Å²) >= 11 is 0. The van der Waals surface area contributed by atoms with Crippen molar-refractivity contribution < 1.29 is 4.79 Å². The summed E-state index contributed by atoms with van der Waals surface area (Å²) in [6, 6.07) is 11.8. The molecule has 0 aliphatic heterocycles. The lowest BCUT2D eigenvalue weighted by Crippen LogP contribution is -2.30. The van der Waals surface area contributed by atoms with Crippen LogP contribution < -0.4 is 10.9 Å². The number of nitrogens with one attached hydrogen (secondary N) is 2. The van der Waals surface area contributed by atoms with Crippen LogP contribution in [0.1, 0.15) is 27.3 Å². The highest BCUT2D eigenvalue weighted by Gasteiger charge is 2.09. The van der Waals surface area contributed by atoms with Crippen molar-refractivity contribution in [1.29, 1.82) is 0 Å². The molecule has 0 fully saturated rings. The van der Waals surface area contributed by atoms with Gasteiger partial charge in [-0.15, -0.1) is 0 Å². The van der Waals surface area contributed by atoms with Crippen molar-refractivity contribution in [2.45, 2.75) is 20.4 Å². The molecule has 2 aromatic heterocycles. The molecule has 0 saturated carbocycles. The molecule has 1 aromatic carbocycles. The van der Waals surface area contributed by atoms with Gasteiger partial charge in [0.25, 0.3) is 5.91 Å². The van der Waals surface area contributed by atoms with Gasteiger partial charge in [-0.2, -0.15) is 5.10 Å². The zero-order chi connectivity index (χ0) is 16.9. The lowest BCUT2D eigenvalue weighted by molar-refractivity contribution is 0.0962. The number of aryl methyl sites for hydroxylation is 2. The Labute approximate surface area is 139 Å². The molecule has 7 nitrogen and oxygen atoms in total. The minimum absolute atomic E-state index is 0.294. The second-order valence-electron chi connectivity index (χ2n) is 5.47. The van der Waals surface area contributed by atoms with Gasteiger partial charge < -0.3 is 0 Å². The largest absolute Gasteiger partial charge is 0.272 e. The third-order valence-electron chi connectivity index (χ3n) is 3.35. The van der Waals surface area contributed by atoms with Gasteiger partial charge in [-0.05, 0) is 25.5 Å². The van der Waals surface area contributed by atoms with Gasteiger partial charge in [0.15, 0.2) is 0 Å². The minimum Gasteiger partial charge on any atom is -0.268 e. The first-order valence-corrected chi connectivity index (χ1v) is 7.55. The van der Waals surface area contributed by atoms with Gasteiger partial charge in [-0.1, -0.05) is 30.3 Å². The van der Waals surface area contributed by atoms with Crippen LogP contribution in [-0.2, 0) is 6.54 Å². The Morgan fingerprint density at radius 3 is 2.54 bits per heavy atom. The van der Waals surface area contributed by atoms with Gasteiger partial charge in [-0.25, -0.2) is 9.97 Å². The summed E-state index contributed by atoms with van der Waals surface area (Å²) in [7, 11) is 0. The summed E-state index contributed by atoms with van der Waals surface area (Å²) < 4.78 is 1.72. The number of amides is 1. The van der Waals surface area contributed by atoms with Crippen LogP contribution in [0.4, 0.5) is 5.95 Å². The molecule has 0 saturated heterocycles. The number of rotatable bonds is 5. The van der Waals surface area contributed by atoms with Crippen molar-refractivity contribution in [3.05, 3.63) is 71.3 Å². The van der Waals surface area contributed by atoms with Crippen LogP contribution in [0.2, 0.25) is 0 Å². The second-order valence-corrected chi connectivity index (χ2v) is 5.47. The predicted molar refractivity (Wildman–Crippen MR) is 90.4 cm³/mol. The van der Waals surface area contributed by atoms with E-state index in [1.54, 1.807) is 10.9 Å². The molecule has 3 aromatic rings. The summed E-state index contributed by atoms with van der Waals surface area (Å²) in [6.07, 6.45) is 3.23. The topological polar surface area (TPSA) is 84.7 Å². The van der Waals surface area contributed by atoms with E-state index in [0.717, 1.165) is 17.0 Å². The smallest absolute Gasteiger partial charge is 0.268 e.